The first-order valence-corrected chi connectivity index (χ1v) is 21.7. The fourth-order valence-electron chi connectivity index (χ4n) is 9.66. The van der Waals surface area contributed by atoms with Crippen molar-refractivity contribution in [2.45, 2.75) is 111 Å². The van der Waals surface area contributed by atoms with Crippen LogP contribution in [0.4, 0.5) is 0 Å². The molecule has 3 heteroatoms. The van der Waals surface area contributed by atoms with Gasteiger partial charge in [-0.2, -0.15) is 0 Å². The van der Waals surface area contributed by atoms with Crippen molar-refractivity contribution in [3.63, 3.8) is 0 Å². The Hall–Kier alpha value is -3.48. The van der Waals surface area contributed by atoms with Gasteiger partial charge in [-0.15, -0.1) is 0 Å². The first-order chi connectivity index (χ1) is 26.3. The van der Waals surface area contributed by atoms with Gasteiger partial charge in [0.05, 0.1) is 0 Å². The van der Waals surface area contributed by atoms with E-state index in [0.717, 1.165) is 6.42 Å². The van der Waals surface area contributed by atoms with Gasteiger partial charge in [-0.25, -0.2) is 0 Å². The fraction of sp³-hybridized carbons (Fsp3) is 0.309. The van der Waals surface area contributed by atoms with Gasteiger partial charge >= 0.3 is 353 Å². The van der Waals surface area contributed by atoms with Crippen molar-refractivity contribution in [2.75, 3.05) is 0 Å². The number of benzene rings is 6. The smallest absolute Gasteiger partial charge is 1.00 e. The molecule has 0 atom stereocenters. The Morgan fingerprint density at radius 1 is 0.517 bits per heavy atom. The topological polar surface area (TPSA) is 0 Å². The molecule has 58 heavy (non-hydrogen) atoms. The molecular weight excluding hydrogens is 823 g/mol. The summed E-state index contributed by atoms with van der Waals surface area (Å²) in [6.45, 7) is 29.1. The summed E-state index contributed by atoms with van der Waals surface area (Å²) in [5, 5.41) is 10.8. The molecule has 8 rings (SSSR count). The minimum atomic E-state index is -0.184. The number of rotatable bonds is 3. The molecule has 0 bridgehead atoms. The number of halogens is 2. The summed E-state index contributed by atoms with van der Waals surface area (Å²) < 4.78 is 1.48. The first kappa shape index (κ1) is 44.1. The van der Waals surface area contributed by atoms with E-state index in [9.17, 15) is 0 Å². The van der Waals surface area contributed by atoms with Crippen molar-refractivity contribution < 1.29 is 49.5 Å². The molecule has 0 unspecified atom stereocenters. The minimum absolute atomic E-state index is 0. The quantitative estimate of drug-likeness (QED) is 0.179. The normalized spacial score (nSPS) is 14.0. The van der Waals surface area contributed by atoms with E-state index in [2.05, 4.69) is 198 Å². The van der Waals surface area contributed by atoms with Gasteiger partial charge in [0.2, 0.25) is 0 Å². The molecule has 6 aromatic rings. The van der Waals surface area contributed by atoms with Gasteiger partial charge in [-0.3, -0.25) is 0 Å². The molecule has 0 amide bonds. The number of hydrogen-bond donors (Lipinski definition) is 0. The molecule has 0 radical (unpaired) electrons. The number of fused-ring (bicyclic) bond motifs is 4. The molecule has 0 aromatic heterocycles. The maximum absolute atomic E-state index is 2.63. The molecule has 0 saturated heterocycles. The van der Waals surface area contributed by atoms with Crippen LogP contribution in [0, 0.1) is 10.4 Å². The Labute approximate surface area is 374 Å². The zero-order valence-corrected chi connectivity index (χ0v) is 40.4. The van der Waals surface area contributed by atoms with E-state index in [1.807, 2.05) is 0 Å². The molecule has 295 valence electrons. The summed E-state index contributed by atoms with van der Waals surface area (Å²) in [7, 11) is 0. The summed E-state index contributed by atoms with van der Waals surface area (Å²) in [6.07, 6.45) is 8.00. The average Bonchev–Trinajstić information content (AvgIpc) is 3.76. The number of allylic oxidation sites excluding steroid dienone is 4. The Morgan fingerprint density at radius 3 is 1.43 bits per heavy atom. The van der Waals surface area contributed by atoms with Crippen molar-refractivity contribution in [1.29, 1.82) is 0 Å². The van der Waals surface area contributed by atoms with Crippen molar-refractivity contribution in [1.82, 2.24) is 0 Å². The Balaban J connectivity index is 0.00000283. The molecule has 2 aliphatic rings. The van der Waals surface area contributed by atoms with Crippen LogP contribution in [0.2, 0.25) is 0 Å². The van der Waals surface area contributed by atoms with Gasteiger partial charge in [0.1, 0.15) is 0 Å². The Morgan fingerprint density at radius 2 is 0.983 bits per heavy atom. The second kappa shape index (κ2) is 15.5. The van der Waals surface area contributed by atoms with Crippen molar-refractivity contribution in [2.24, 2.45) is 0 Å². The fourth-order valence-corrected chi connectivity index (χ4v) is 10.8. The largest absolute Gasteiger partial charge is 1.00 e. The molecule has 0 nitrogen and oxygen atoms in total. The monoisotopic (exact) mass is 877 g/mol. The van der Waals surface area contributed by atoms with Crippen molar-refractivity contribution >= 4 is 36.0 Å². The van der Waals surface area contributed by atoms with Gasteiger partial charge < -0.3 is 24.8 Å². The van der Waals surface area contributed by atoms with Crippen LogP contribution in [0.1, 0.15) is 134 Å². The summed E-state index contributed by atoms with van der Waals surface area (Å²) in [4.78, 5) is 0. The standard InChI is InChI=1S/C55H57.2ClH.Zr/c1-52(2,3)44-32-37-31-43-46(36-23-13-14-24-36)50(54(7,8)9)51(55(10,11)12)49(48(43)42(37)33-45(44)53(4,5)6)47(40-29-19-25-34-21-15-17-27-38(34)40)41-30-20-26-35-22-16-18-28-39(35)41;;;/h13-23,25-30,32-33H,24H2,1-12H3;2*1H;/q;;;+2/p-2. The summed E-state index contributed by atoms with van der Waals surface area (Å²) in [5.74, 6) is 0. The van der Waals surface area contributed by atoms with E-state index < -0.39 is 0 Å². The van der Waals surface area contributed by atoms with Crippen molar-refractivity contribution in [3.05, 3.63) is 181 Å². The minimum Gasteiger partial charge on any atom is -1.00 e. The SMILES string of the molecule is CC(C)(C)c1cc2c(cc1C(C)(C)C)=c1c(c(C3=CC=CC3)c(C(C)(C)C)c(C(C)(C)C)c1=C(c1cccc3ccccc13)c1cccc3ccccc13)[C]=2[Zr+2].[Cl-].[Cl-]. The molecule has 0 saturated carbocycles. The molecule has 6 aromatic carbocycles. The Bertz CT molecular complexity index is 2820. The Kier molecular flexibility index (Phi) is 11.8. The summed E-state index contributed by atoms with van der Waals surface area (Å²) in [6, 6.07) is 37.1. The summed E-state index contributed by atoms with van der Waals surface area (Å²) in [5.41, 5.74) is 13.8. The van der Waals surface area contributed by atoms with Crippen LogP contribution >= 0.6 is 0 Å². The molecule has 0 spiro atoms. The molecule has 2 aliphatic carbocycles. The molecule has 0 N–H and O–H groups in total. The van der Waals surface area contributed by atoms with Crippen LogP contribution in [0.15, 0.2) is 115 Å². The summed E-state index contributed by atoms with van der Waals surface area (Å²) >= 11 is 1.46. The van der Waals surface area contributed by atoms with Gasteiger partial charge in [-0.05, 0) is 0 Å². The second-order valence-electron chi connectivity index (χ2n) is 20.3. The van der Waals surface area contributed by atoms with Gasteiger partial charge in [0.15, 0.2) is 0 Å². The van der Waals surface area contributed by atoms with Crippen LogP contribution < -0.4 is 35.3 Å². The predicted octanol–water partition coefficient (Wildman–Crippen LogP) is 7.09. The van der Waals surface area contributed by atoms with Crippen LogP contribution in [-0.2, 0) is 46.4 Å². The van der Waals surface area contributed by atoms with E-state index in [1.54, 1.807) is 0 Å². The van der Waals surface area contributed by atoms with Gasteiger partial charge in [-0.1, -0.05) is 0 Å². The van der Waals surface area contributed by atoms with E-state index >= 15 is 0 Å². The zero-order valence-electron chi connectivity index (χ0n) is 36.4. The first-order valence-electron chi connectivity index (χ1n) is 20.5. The zero-order chi connectivity index (χ0) is 40.1. The predicted molar refractivity (Wildman–Crippen MR) is 238 cm³/mol. The number of hydrogen-bond acceptors (Lipinski definition) is 0. The average molecular weight is 880 g/mol. The van der Waals surface area contributed by atoms with E-state index in [1.165, 1.54) is 126 Å². The third kappa shape index (κ3) is 7.37. The second-order valence-corrected chi connectivity index (χ2v) is 21.5. The van der Waals surface area contributed by atoms with Crippen LogP contribution in [0.3, 0.4) is 0 Å². The van der Waals surface area contributed by atoms with E-state index in [-0.39, 0.29) is 46.5 Å². The maximum atomic E-state index is 2.63. The van der Waals surface area contributed by atoms with Gasteiger partial charge in [0.25, 0.3) is 0 Å². The third-order valence-electron chi connectivity index (χ3n) is 12.0. The molecular formula is C55H57Cl2Zr. The van der Waals surface area contributed by atoms with Crippen molar-refractivity contribution in [3.8, 4) is 0 Å². The molecule has 0 aliphatic heterocycles. The van der Waals surface area contributed by atoms with Crippen LogP contribution in [0.25, 0.3) is 36.0 Å². The van der Waals surface area contributed by atoms with Gasteiger partial charge in [0, 0.05) is 0 Å². The maximum Gasteiger partial charge on any atom is -1.00 e. The van der Waals surface area contributed by atoms with Crippen LogP contribution in [-0.4, -0.2) is 0 Å². The van der Waals surface area contributed by atoms with E-state index in [0.29, 0.717) is 0 Å². The van der Waals surface area contributed by atoms with E-state index in [4.69, 9.17) is 0 Å². The molecule has 0 heterocycles. The third-order valence-corrected chi connectivity index (χ3v) is 13.3. The molecule has 0 fully saturated rings. The van der Waals surface area contributed by atoms with Crippen LogP contribution in [0.5, 0.6) is 0 Å².